The van der Waals surface area contributed by atoms with Crippen LogP contribution in [0.2, 0.25) is 0 Å². The molecule has 0 atom stereocenters. The molecular formula is C36H30O2. The molecule has 0 fully saturated rings. The largest absolute Gasteiger partial charge is 0.457 e. The van der Waals surface area contributed by atoms with Crippen LogP contribution >= 0.6 is 0 Å². The summed E-state index contributed by atoms with van der Waals surface area (Å²) in [6.45, 7) is 8.53. The molecule has 5 aromatic rings. The second-order valence-electron chi connectivity index (χ2n) is 10.7. The van der Waals surface area contributed by atoms with Crippen LogP contribution in [-0.2, 0) is 0 Å². The van der Waals surface area contributed by atoms with Crippen molar-refractivity contribution >= 4 is 0 Å². The number of ether oxygens (including phenoxy) is 2. The van der Waals surface area contributed by atoms with Gasteiger partial charge in [0.2, 0.25) is 0 Å². The van der Waals surface area contributed by atoms with Gasteiger partial charge in [0.15, 0.2) is 0 Å². The first-order valence-electron chi connectivity index (χ1n) is 13.3. The summed E-state index contributed by atoms with van der Waals surface area (Å²) < 4.78 is 13.4. The molecule has 2 nitrogen and oxygen atoms in total. The van der Waals surface area contributed by atoms with Crippen molar-refractivity contribution in [2.75, 3.05) is 0 Å². The van der Waals surface area contributed by atoms with Gasteiger partial charge in [-0.25, -0.2) is 0 Å². The molecule has 2 bridgehead atoms. The van der Waals surface area contributed by atoms with Crippen LogP contribution in [0.4, 0.5) is 0 Å². The highest BCUT2D eigenvalue weighted by molar-refractivity contribution is 5.73. The van der Waals surface area contributed by atoms with Crippen molar-refractivity contribution < 1.29 is 9.47 Å². The molecule has 0 heterocycles. The van der Waals surface area contributed by atoms with E-state index < -0.39 is 0 Å². The number of hydrogen-bond acceptors (Lipinski definition) is 2. The van der Waals surface area contributed by atoms with Crippen LogP contribution < -0.4 is 9.47 Å². The third-order valence-corrected chi connectivity index (χ3v) is 8.43. The Morgan fingerprint density at radius 3 is 1.13 bits per heavy atom. The van der Waals surface area contributed by atoms with Crippen LogP contribution in [0.3, 0.4) is 0 Å². The van der Waals surface area contributed by atoms with Gasteiger partial charge >= 0.3 is 0 Å². The fourth-order valence-corrected chi connectivity index (χ4v) is 6.21. The van der Waals surface area contributed by atoms with Gasteiger partial charge in [0.1, 0.15) is 23.0 Å². The predicted molar refractivity (Wildman–Crippen MR) is 153 cm³/mol. The van der Waals surface area contributed by atoms with Crippen LogP contribution in [0.1, 0.15) is 67.5 Å². The van der Waals surface area contributed by atoms with Gasteiger partial charge < -0.3 is 9.47 Å². The number of hydrogen-bond donors (Lipinski definition) is 0. The van der Waals surface area contributed by atoms with Crippen molar-refractivity contribution in [2.45, 2.75) is 39.5 Å². The van der Waals surface area contributed by atoms with E-state index in [1.165, 1.54) is 55.6 Å². The summed E-state index contributed by atoms with van der Waals surface area (Å²) in [6.07, 6.45) is 0. The van der Waals surface area contributed by atoms with Crippen molar-refractivity contribution in [1.29, 1.82) is 0 Å². The predicted octanol–water partition coefficient (Wildman–Crippen LogP) is 9.49. The normalized spacial score (nSPS) is 16.4. The maximum atomic E-state index is 6.68. The summed E-state index contributed by atoms with van der Waals surface area (Å²) >= 11 is 0. The Morgan fingerprint density at radius 2 is 0.789 bits per heavy atom. The molecule has 0 radical (unpaired) electrons. The van der Waals surface area contributed by atoms with Gasteiger partial charge in [-0.2, -0.15) is 0 Å². The van der Waals surface area contributed by atoms with Crippen LogP contribution in [0.15, 0.2) is 97.1 Å². The van der Waals surface area contributed by atoms with E-state index in [4.69, 9.17) is 9.47 Å². The standard InChI is InChI=1S/C36H30O2/c1-21-13-15-25(19-23(21)3)37-31-17-18-32(38-26-16-14-22(2)24(4)20-26)36-34-29-11-7-5-9-27(29)33(35(31)36)28-10-6-8-12-30(28)34/h5-20,33-34H,1-4H3. The van der Waals surface area contributed by atoms with Crippen LogP contribution in [0.5, 0.6) is 23.0 Å². The zero-order chi connectivity index (χ0) is 26.0. The lowest BCUT2D eigenvalue weighted by molar-refractivity contribution is 0.450. The lowest BCUT2D eigenvalue weighted by atomic mass is 9.60. The molecule has 0 unspecified atom stereocenters. The van der Waals surface area contributed by atoms with E-state index in [2.05, 4.69) is 125 Å². The summed E-state index contributed by atoms with van der Waals surface area (Å²) in [5, 5.41) is 0. The second-order valence-corrected chi connectivity index (χ2v) is 10.7. The molecule has 186 valence electrons. The molecule has 3 aliphatic carbocycles. The van der Waals surface area contributed by atoms with Gasteiger partial charge in [0.25, 0.3) is 0 Å². The molecule has 8 rings (SSSR count). The van der Waals surface area contributed by atoms with Gasteiger partial charge in [-0.05, 0) is 109 Å². The lowest BCUT2D eigenvalue weighted by Crippen LogP contribution is -2.28. The van der Waals surface area contributed by atoms with Gasteiger partial charge in [-0.1, -0.05) is 60.7 Å². The maximum absolute atomic E-state index is 6.68. The van der Waals surface area contributed by atoms with E-state index >= 15 is 0 Å². The topological polar surface area (TPSA) is 18.5 Å². The molecule has 0 saturated heterocycles. The van der Waals surface area contributed by atoms with E-state index in [-0.39, 0.29) is 11.8 Å². The smallest absolute Gasteiger partial charge is 0.132 e. The molecule has 0 spiro atoms. The fraction of sp³-hybridized carbons (Fsp3) is 0.167. The van der Waals surface area contributed by atoms with E-state index in [9.17, 15) is 0 Å². The highest BCUT2D eigenvalue weighted by atomic mass is 16.5. The van der Waals surface area contributed by atoms with Gasteiger partial charge in [0, 0.05) is 23.0 Å². The van der Waals surface area contributed by atoms with E-state index in [0.29, 0.717) is 0 Å². The van der Waals surface area contributed by atoms with Crippen LogP contribution in [0, 0.1) is 27.7 Å². The molecule has 0 amide bonds. The Kier molecular flexibility index (Phi) is 5.19. The summed E-state index contributed by atoms with van der Waals surface area (Å²) in [5.74, 6) is 3.70. The third-order valence-electron chi connectivity index (χ3n) is 8.43. The Morgan fingerprint density at radius 1 is 0.421 bits per heavy atom. The first-order valence-corrected chi connectivity index (χ1v) is 13.3. The molecule has 0 saturated carbocycles. The average molecular weight is 495 g/mol. The Hall–Kier alpha value is -4.30. The van der Waals surface area contributed by atoms with E-state index in [1.54, 1.807) is 0 Å². The Balaban J connectivity index is 1.45. The van der Waals surface area contributed by atoms with Crippen molar-refractivity contribution in [2.24, 2.45) is 0 Å². The van der Waals surface area contributed by atoms with E-state index in [1.807, 2.05) is 0 Å². The summed E-state index contributed by atoms with van der Waals surface area (Å²) in [6, 6.07) is 34.6. The molecular weight excluding hydrogens is 464 g/mol. The zero-order valence-corrected chi connectivity index (χ0v) is 22.2. The molecule has 3 aliphatic rings. The molecule has 38 heavy (non-hydrogen) atoms. The minimum absolute atomic E-state index is 0.0900. The quantitative estimate of drug-likeness (QED) is 0.243. The SMILES string of the molecule is Cc1ccc(Oc2ccc(Oc3ccc(C)c(C)c3)c3c2C2c4ccccc4C3c3ccccc32)cc1C. The monoisotopic (exact) mass is 494 g/mol. The van der Waals surface area contributed by atoms with Crippen molar-refractivity contribution in [1.82, 2.24) is 0 Å². The molecule has 0 aromatic heterocycles. The average Bonchev–Trinajstić information content (AvgIpc) is 2.93. The summed E-state index contributed by atoms with van der Waals surface area (Å²) in [5.41, 5.74) is 12.8. The zero-order valence-electron chi connectivity index (χ0n) is 22.2. The maximum Gasteiger partial charge on any atom is 0.132 e. The van der Waals surface area contributed by atoms with Crippen LogP contribution in [-0.4, -0.2) is 0 Å². The summed E-state index contributed by atoms with van der Waals surface area (Å²) in [7, 11) is 0. The molecule has 5 aromatic carbocycles. The number of rotatable bonds is 4. The minimum atomic E-state index is 0.0900. The summed E-state index contributed by atoms with van der Waals surface area (Å²) in [4.78, 5) is 0. The first kappa shape index (κ1) is 22.9. The molecule has 0 aliphatic heterocycles. The molecule has 2 heteroatoms. The third kappa shape index (κ3) is 3.48. The lowest BCUT2D eigenvalue weighted by Gasteiger charge is -2.43. The molecule has 0 N–H and O–H groups in total. The van der Waals surface area contributed by atoms with E-state index in [0.717, 1.165) is 23.0 Å². The highest BCUT2D eigenvalue weighted by Crippen LogP contribution is 2.60. The Bertz CT molecular complexity index is 1550. The van der Waals surface area contributed by atoms with Gasteiger partial charge in [0.05, 0.1) is 0 Å². The fourth-order valence-electron chi connectivity index (χ4n) is 6.21. The number of aryl methyl sites for hydroxylation is 4. The van der Waals surface area contributed by atoms with Gasteiger partial charge in [-0.15, -0.1) is 0 Å². The first-order chi connectivity index (χ1) is 18.5. The van der Waals surface area contributed by atoms with Crippen molar-refractivity contribution in [3.63, 3.8) is 0 Å². The second kappa shape index (κ2) is 8.63. The van der Waals surface area contributed by atoms with Gasteiger partial charge in [-0.3, -0.25) is 0 Å². The Labute approximate surface area is 224 Å². The number of benzene rings is 5. The highest BCUT2D eigenvalue weighted by Gasteiger charge is 2.44. The van der Waals surface area contributed by atoms with Crippen LogP contribution in [0.25, 0.3) is 0 Å². The minimum Gasteiger partial charge on any atom is -0.457 e. The van der Waals surface area contributed by atoms with Crippen molar-refractivity contribution in [3.05, 3.63) is 153 Å². The van der Waals surface area contributed by atoms with Crippen molar-refractivity contribution in [3.8, 4) is 23.0 Å².